The van der Waals surface area contributed by atoms with E-state index in [1.54, 1.807) is 0 Å². The molecule has 0 spiro atoms. The van der Waals surface area contributed by atoms with Gasteiger partial charge in [0.1, 0.15) is 18.3 Å². The number of hydrogen-bond acceptors (Lipinski definition) is 5. The SMILES string of the molecule is COC(=O)[C@]12O[C@H]1C=CC1OC(C)(C)OC12. The molecule has 0 aromatic carbocycles. The van der Waals surface area contributed by atoms with E-state index in [1.165, 1.54) is 7.11 Å². The second kappa shape index (κ2) is 2.85. The van der Waals surface area contributed by atoms with E-state index in [-0.39, 0.29) is 12.2 Å². The first-order valence-electron chi connectivity index (χ1n) is 5.30. The first kappa shape index (κ1) is 10.3. The second-order valence-corrected chi connectivity index (χ2v) is 4.73. The van der Waals surface area contributed by atoms with Crippen LogP contribution in [0.25, 0.3) is 0 Å². The minimum absolute atomic E-state index is 0.237. The van der Waals surface area contributed by atoms with Gasteiger partial charge in [-0.15, -0.1) is 0 Å². The Morgan fingerprint density at radius 1 is 1.25 bits per heavy atom. The van der Waals surface area contributed by atoms with Crippen molar-refractivity contribution in [2.24, 2.45) is 0 Å². The topological polar surface area (TPSA) is 57.3 Å². The van der Waals surface area contributed by atoms with Gasteiger partial charge in [-0.3, -0.25) is 0 Å². The number of fused-ring (bicyclic) bond motifs is 3. The molecular formula is C11H14O5. The molecular weight excluding hydrogens is 212 g/mol. The molecule has 2 unspecified atom stereocenters. The molecule has 1 aliphatic carbocycles. The Labute approximate surface area is 93.3 Å². The number of epoxide rings is 1. The highest BCUT2D eigenvalue weighted by Crippen LogP contribution is 2.51. The lowest BCUT2D eigenvalue weighted by Crippen LogP contribution is -2.47. The average Bonchev–Trinajstić information content (AvgIpc) is 2.88. The van der Waals surface area contributed by atoms with Crippen LogP contribution in [0, 0.1) is 0 Å². The molecule has 2 aliphatic heterocycles. The predicted molar refractivity (Wildman–Crippen MR) is 52.6 cm³/mol. The first-order chi connectivity index (χ1) is 7.49. The van der Waals surface area contributed by atoms with Crippen molar-refractivity contribution in [2.45, 2.75) is 43.5 Å². The van der Waals surface area contributed by atoms with Gasteiger partial charge in [0.2, 0.25) is 5.60 Å². The molecule has 0 N–H and O–H groups in total. The predicted octanol–water partition coefficient (Wildman–Crippen LogP) is 0.387. The number of esters is 1. The van der Waals surface area contributed by atoms with Crippen LogP contribution in [0.1, 0.15) is 13.8 Å². The number of rotatable bonds is 1. The molecule has 16 heavy (non-hydrogen) atoms. The summed E-state index contributed by atoms with van der Waals surface area (Å²) in [6.07, 6.45) is 2.83. The van der Waals surface area contributed by atoms with Crippen LogP contribution < -0.4 is 0 Å². The van der Waals surface area contributed by atoms with Gasteiger partial charge in [0.05, 0.1) is 7.11 Å². The highest BCUT2D eigenvalue weighted by atomic mass is 16.8. The van der Waals surface area contributed by atoms with Crippen LogP contribution in [0.15, 0.2) is 12.2 Å². The van der Waals surface area contributed by atoms with Crippen molar-refractivity contribution in [3.05, 3.63) is 12.2 Å². The van der Waals surface area contributed by atoms with E-state index in [0.29, 0.717) is 0 Å². The van der Waals surface area contributed by atoms with Gasteiger partial charge in [0.25, 0.3) is 0 Å². The molecule has 0 saturated carbocycles. The van der Waals surface area contributed by atoms with E-state index < -0.39 is 23.5 Å². The van der Waals surface area contributed by atoms with E-state index >= 15 is 0 Å². The fourth-order valence-electron chi connectivity index (χ4n) is 2.50. The zero-order valence-electron chi connectivity index (χ0n) is 9.43. The Morgan fingerprint density at radius 2 is 2.00 bits per heavy atom. The Kier molecular flexibility index (Phi) is 1.83. The summed E-state index contributed by atoms with van der Waals surface area (Å²) in [6, 6.07) is 0. The van der Waals surface area contributed by atoms with Crippen molar-refractivity contribution in [1.82, 2.24) is 0 Å². The van der Waals surface area contributed by atoms with Crippen LogP contribution in [0.3, 0.4) is 0 Å². The van der Waals surface area contributed by atoms with Crippen molar-refractivity contribution < 1.29 is 23.7 Å². The maximum absolute atomic E-state index is 11.8. The summed E-state index contributed by atoms with van der Waals surface area (Å²) in [7, 11) is 1.35. The molecule has 3 aliphatic rings. The van der Waals surface area contributed by atoms with Gasteiger partial charge in [-0.1, -0.05) is 12.2 Å². The Hall–Kier alpha value is -0.910. The molecule has 0 aromatic heterocycles. The van der Waals surface area contributed by atoms with Gasteiger partial charge in [-0.05, 0) is 13.8 Å². The molecule has 5 heteroatoms. The van der Waals surface area contributed by atoms with Gasteiger partial charge < -0.3 is 18.9 Å². The van der Waals surface area contributed by atoms with Gasteiger partial charge in [0, 0.05) is 0 Å². The van der Waals surface area contributed by atoms with Crippen molar-refractivity contribution in [3.63, 3.8) is 0 Å². The minimum Gasteiger partial charge on any atom is -0.467 e. The molecule has 2 heterocycles. The summed E-state index contributed by atoms with van der Waals surface area (Å²) >= 11 is 0. The van der Waals surface area contributed by atoms with E-state index in [2.05, 4.69) is 0 Å². The van der Waals surface area contributed by atoms with Gasteiger partial charge >= 0.3 is 5.97 Å². The number of carbonyl (C=O) groups excluding carboxylic acids is 1. The van der Waals surface area contributed by atoms with Gasteiger partial charge in [-0.25, -0.2) is 4.79 Å². The Balaban J connectivity index is 1.94. The zero-order valence-corrected chi connectivity index (χ0v) is 9.43. The quantitative estimate of drug-likeness (QED) is 0.367. The van der Waals surface area contributed by atoms with E-state index in [1.807, 2.05) is 26.0 Å². The molecule has 2 saturated heterocycles. The van der Waals surface area contributed by atoms with Crippen molar-refractivity contribution in [1.29, 1.82) is 0 Å². The molecule has 0 amide bonds. The molecule has 2 fully saturated rings. The first-order valence-corrected chi connectivity index (χ1v) is 5.30. The average molecular weight is 226 g/mol. The van der Waals surface area contributed by atoms with Crippen LogP contribution in [0.4, 0.5) is 0 Å². The molecule has 3 rings (SSSR count). The number of methoxy groups -OCH3 is 1. The molecule has 0 bridgehead atoms. The standard InChI is InChI=1S/C11H14O5/c1-10(2)14-6-4-5-7-11(15-7,8(6)16-10)9(12)13-3/h4-8H,1-3H3/t6?,7-,8?,11-/m0/s1. The maximum Gasteiger partial charge on any atom is 0.344 e. The fraction of sp³-hybridized carbons (Fsp3) is 0.727. The molecule has 0 aromatic rings. The van der Waals surface area contributed by atoms with Crippen LogP contribution in [-0.2, 0) is 23.7 Å². The van der Waals surface area contributed by atoms with Crippen LogP contribution in [0.5, 0.6) is 0 Å². The number of hydrogen-bond donors (Lipinski definition) is 0. The molecule has 5 nitrogen and oxygen atoms in total. The lowest BCUT2D eigenvalue weighted by atomic mass is 9.89. The highest BCUT2D eigenvalue weighted by molar-refractivity contribution is 5.85. The van der Waals surface area contributed by atoms with Crippen LogP contribution >= 0.6 is 0 Å². The van der Waals surface area contributed by atoms with Crippen molar-refractivity contribution in [2.75, 3.05) is 7.11 Å². The molecule has 4 atom stereocenters. The largest absolute Gasteiger partial charge is 0.467 e. The number of carbonyl (C=O) groups is 1. The lowest BCUT2D eigenvalue weighted by molar-refractivity contribution is -0.164. The third kappa shape index (κ3) is 1.13. The third-order valence-electron chi connectivity index (χ3n) is 3.22. The van der Waals surface area contributed by atoms with Crippen LogP contribution in [0.2, 0.25) is 0 Å². The summed E-state index contributed by atoms with van der Waals surface area (Å²) < 4.78 is 21.6. The Bertz CT molecular complexity index is 375. The lowest BCUT2D eigenvalue weighted by Gasteiger charge is -2.22. The molecule has 0 radical (unpaired) electrons. The van der Waals surface area contributed by atoms with Crippen molar-refractivity contribution in [3.8, 4) is 0 Å². The number of ether oxygens (including phenoxy) is 4. The van der Waals surface area contributed by atoms with Gasteiger partial charge in [0.15, 0.2) is 5.79 Å². The fourth-order valence-corrected chi connectivity index (χ4v) is 2.50. The van der Waals surface area contributed by atoms with Gasteiger partial charge in [-0.2, -0.15) is 0 Å². The van der Waals surface area contributed by atoms with E-state index in [0.717, 1.165) is 0 Å². The second-order valence-electron chi connectivity index (χ2n) is 4.73. The third-order valence-corrected chi connectivity index (χ3v) is 3.22. The monoisotopic (exact) mass is 226 g/mol. The summed E-state index contributed by atoms with van der Waals surface area (Å²) in [5, 5.41) is 0. The minimum atomic E-state index is -0.984. The highest BCUT2D eigenvalue weighted by Gasteiger charge is 2.73. The molecule has 88 valence electrons. The smallest absolute Gasteiger partial charge is 0.344 e. The Morgan fingerprint density at radius 3 is 2.69 bits per heavy atom. The summed E-state index contributed by atoms with van der Waals surface area (Å²) in [4.78, 5) is 11.8. The van der Waals surface area contributed by atoms with Crippen LogP contribution in [-0.4, -0.2) is 42.8 Å². The maximum atomic E-state index is 11.8. The summed E-state index contributed by atoms with van der Waals surface area (Å²) in [5.41, 5.74) is -0.984. The summed E-state index contributed by atoms with van der Waals surface area (Å²) in [6.45, 7) is 3.64. The van der Waals surface area contributed by atoms with Crippen molar-refractivity contribution >= 4 is 5.97 Å². The van der Waals surface area contributed by atoms with E-state index in [9.17, 15) is 4.79 Å². The van der Waals surface area contributed by atoms with E-state index in [4.69, 9.17) is 18.9 Å². The zero-order chi connectivity index (χ0) is 11.6. The summed E-state index contributed by atoms with van der Waals surface area (Å²) in [5.74, 6) is -1.08. The normalized spacial score (nSPS) is 47.1.